The van der Waals surface area contributed by atoms with Crippen molar-refractivity contribution in [2.24, 2.45) is 0 Å². The Balaban J connectivity index is 1.19. The van der Waals surface area contributed by atoms with Gasteiger partial charge in [-0.2, -0.15) is 0 Å². The number of hydrogen-bond donors (Lipinski definition) is 0. The van der Waals surface area contributed by atoms with E-state index in [0.29, 0.717) is 17.5 Å². The number of rotatable bonds is 5. The highest BCUT2D eigenvalue weighted by molar-refractivity contribution is 7.86. The summed E-state index contributed by atoms with van der Waals surface area (Å²) in [5.41, 5.74) is 7.80. The summed E-state index contributed by atoms with van der Waals surface area (Å²) in [7, 11) is -3.23. The van der Waals surface area contributed by atoms with Crippen LogP contribution in [0.15, 0.2) is 176 Å². The molecule has 1 aliphatic heterocycles. The summed E-state index contributed by atoms with van der Waals surface area (Å²) in [5.74, 6) is 1.84. The van der Waals surface area contributed by atoms with E-state index in [9.17, 15) is 0 Å². The molecule has 1 unspecified atom stereocenters. The van der Waals surface area contributed by atoms with Gasteiger partial charge in [0.25, 0.3) is 0 Å². The Labute approximate surface area is 294 Å². The van der Waals surface area contributed by atoms with Crippen molar-refractivity contribution in [1.82, 2.24) is 19.5 Å². The lowest BCUT2D eigenvalue weighted by Crippen LogP contribution is -2.22. The fraction of sp³-hybridized carbons (Fsp3) is 0. The van der Waals surface area contributed by atoms with Crippen molar-refractivity contribution < 1.29 is 4.57 Å². The van der Waals surface area contributed by atoms with E-state index in [0.717, 1.165) is 71.2 Å². The first kappa shape index (κ1) is 29.5. The molecule has 0 N–H and O–H groups in total. The Morgan fingerprint density at radius 3 is 1.61 bits per heavy atom. The largest absolute Gasteiger partial charge is 0.309 e. The van der Waals surface area contributed by atoms with Crippen molar-refractivity contribution in [3.63, 3.8) is 0 Å². The topological polar surface area (TPSA) is 60.7 Å². The van der Waals surface area contributed by atoms with Gasteiger partial charge < -0.3 is 9.13 Å². The van der Waals surface area contributed by atoms with Gasteiger partial charge in [0.2, 0.25) is 0 Å². The molecule has 2 aromatic heterocycles. The van der Waals surface area contributed by atoms with Crippen LogP contribution in [0.2, 0.25) is 0 Å². The summed E-state index contributed by atoms with van der Waals surface area (Å²) in [6.07, 6.45) is 0. The second-order valence-electron chi connectivity index (χ2n) is 12.8. The summed E-state index contributed by atoms with van der Waals surface area (Å²) in [6.45, 7) is 0. The third-order valence-electron chi connectivity index (χ3n) is 9.86. The van der Waals surface area contributed by atoms with E-state index in [1.165, 1.54) is 0 Å². The van der Waals surface area contributed by atoms with Gasteiger partial charge in [-0.25, -0.2) is 15.0 Å². The molecule has 0 spiro atoms. The molecule has 10 rings (SSSR count). The maximum atomic E-state index is 15.8. The average Bonchev–Trinajstić information content (AvgIpc) is 3.69. The van der Waals surface area contributed by atoms with Crippen molar-refractivity contribution >= 4 is 44.9 Å². The molecule has 9 aromatic rings. The van der Waals surface area contributed by atoms with Crippen LogP contribution in [-0.2, 0) is 4.57 Å². The molecule has 0 amide bonds. The maximum Gasteiger partial charge on any atom is 0.174 e. The Hall–Kier alpha value is -6.42. The van der Waals surface area contributed by atoms with Gasteiger partial charge in [0.1, 0.15) is 0 Å². The zero-order valence-electron chi connectivity index (χ0n) is 27.4. The van der Waals surface area contributed by atoms with E-state index < -0.39 is 7.14 Å². The van der Waals surface area contributed by atoms with Crippen LogP contribution in [-0.4, -0.2) is 19.5 Å². The van der Waals surface area contributed by atoms with E-state index in [-0.39, 0.29) is 0 Å². The van der Waals surface area contributed by atoms with Crippen LogP contribution in [0.4, 0.5) is 0 Å². The van der Waals surface area contributed by atoms with Gasteiger partial charge >= 0.3 is 0 Å². The first-order chi connectivity index (χ1) is 25.2. The Kier molecular flexibility index (Phi) is 6.70. The zero-order valence-corrected chi connectivity index (χ0v) is 28.3. The number of nitrogens with zero attached hydrogens (tertiary/aromatic N) is 4. The van der Waals surface area contributed by atoms with E-state index in [1.807, 2.05) is 109 Å². The minimum Gasteiger partial charge on any atom is -0.309 e. The summed E-state index contributed by atoms with van der Waals surface area (Å²) in [4.78, 5) is 14.8. The van der Waals surface area contributed by atoms with Gasteiger partial charge in [0, 0.05) is 43.8 Å². The van der Waals surface area contributed by atoms with Crippen LogP contribution < -0.4 is 15.9 Å². The van der Waals surface area contributed by atoms with E-state index in [4.69, 9.17) is 15.0 Å². The first-order valence-corrected chi connectivity index (χ1v) is 18.7. The fourth-order valence-corrected chi connectivity index (χ4v) is 10.8. The summed E-state index contributed by atoms with van der Waals surface area (Å²) in [6, 6.07) is 59.4. The van der Waals surface area contributed by atoms with Gasteiger partial charge in [-0.05, 0) is 41.5 Å². The smallest absolute Gasteiger partial charge is 0.174 e. The molecule has 1 aliphatic rings. The van der Waals surface area contributed by atoms with Gasteiger partial charge in [0.05, 0.1) is 16.3 Å². The maximum absolute atomic E-state index is 15.8. The lowest BCUT2D eigenvalue weighted by Gasteiger charge is -2.18. The molecule has 0 aliphatic carbocycles. The normalized spacial score (nSPS) is 14.8. The number of benzene rings is 7. The predicted molar refractivity (Wildman–Crippen MR) is 209 cm³/mol. The highest BCUT2D eigenvalue weighted by atomic mass is 31.2. The van der Waals surface area contributed by atoms with Crippen molar-refractivity contribution in [1.29, 1.82) is 0 Å². The summed E-state index contributed by atoms with van der Waals surface area (Å²) in [5, 5.41) is 4.82. The number of aromatic nitrogens is 4. The molecule has 5 nitrogen and oxygen atoms in total. The predicted octanol–water partition coefficient (Wildman–Crippen LogP) is 9.59. The summed E-state index contributed by atoms with van der Waals surface area (Å²) >= 11 is 0. The lowest BCUT2D eigenvalue weighted by atomic mass is 10.0. The lowest BCUT2D eigenvalue weighted by molar-refractivity contribution is 0.593. The molecule has 0 fully saturated rings. The molecule has 51 heavy (non-hydrogen) atoms. The van der Waals surface area contributed by atoms with E-state index >= 15 is 4.57 Å². The second-order valence-corrected chi connectivity index (χ2v) is 15.4. The molecule has 3 heterocycles. The quantitative estimate of drug-likeness (QED) is 0.171. The molecule has 0 bridgehead atoms. The van der Waals surface area contributed by atoms with Crippen LogP contribution in [0.5, 0.6) is 0 Å². The zero-order chi connectivity index (χ0) is 33.9. The molecular formula is C45H29N4OP. The monoisotopic (exact) mass is 672 g/mol. The number of fused-ring (bicyclic) bond motifs is 7. The Morgan fingerprint density at radius 2 is 0.961 bits per heavy atom. The third-order valence-corrected chi connectivity index (χ3v) is 13.0. The molecule has 1 atom stereocenters. The molecule has 0 saturated carbocycles. The number of hydrogen-bond acceptors (Lipinski definition) is 4. The fourth-order valence-electron chi connectivity index (χ4n) is 7.54. The van der Waals surface area contributed by atoms with Crippen LogP contribution in [0.1, 0.15) is 0 Å². The van der Waals surface area contributed by atoms with Crippen molar-refractivity contribution in [3.8, 4) is 51.0 Å². The van der Waals surface area contributed by atoms with Crippen LogP contribution in [0, 0.1) is 0 Å². The highest BCUT2D eigenvalue weighted by Crippen LogP contribution is 2.54. The van der Waals surface area contributed by atoms with Crippen molar-refractivity contribution in [2.45, 2.75) is 0 Å². The molecule has 0 radical (unpaired) electrons. The Morgan fingerprint density at radius 1 is 0.431 bits per heavy atom. The number of para-hydroxylation sites is 1. The van der Waals surface area contributed by atoms with Gasteiger partial charge in [0.15, 0.2) is 24.6 Å². The summed E-state index contributed by atoms with van der Waals surface area (Å²) < 4.78 is 18.1. The van der Waals surface area contributed by atoms with Crippen molar-refractivity contribution in [3.05, 3.63) is 176 Å². The standard InChI is InChI=1S/C45H29N4OP/c50-51(34-18-8-3-9-19-34)40-23-13-11-21-36(40)38-29-28-37-35-20-10-12-22-39(35)49(41(37)42(38)51)33-26-24-32(25-27-33)45-47-43(30-14-4-1-5-15-30)46-44(48-45)31-16-6-2-7-17-31/h1-29H. The molecule has 0 saturated heterocycles. The molecule has 6 heteroatoms. The van der Waals surface area contributed by atoms with Crippen LogP contribution in [0.25, 0.3) is 72.8 Å². The second kappa shape index (κ2) is 11.6. The molecular weight excluding hydrogens is 643 g/mol. The van der Waals surface area contributed by atoms with Gasteiger partial charge in [-0.15, -0.1) is 0 Å². The van der Waals surface area contributed by atoms with Gasteiger partial charge in [-0.3, -0.25) is 0 Å². The average molecular weight is 673 g/mol. The molecule has 240 valence electrons. The van der Waals surface area contributed by atoms with Crippen LogP contribution in [0.3, 0.4) is 0 Å². The molecule has 7 aromatic carbocycles. The minimum absolute atomic E-state index is 0.599. The first-order valence-electron chi connectivity index (χ1n) is 17.0. The Bertz CT molecular complexity index is 2760. The van der Waals surface area contributed by atoms with Gasteiger partial charge in [-0.1, -0.05) is 146 Å². The SMILES string of the molecule is O=P1(c2ccccc2)c2ccccc2-c2ccc3c4ccccc4n(-c4ccc(-c5nc(-c6ccccc6)nc(-c6ccccc6)n5)cc4)c3c21. The highest BCUT2D eigenvalue weighted by Gasteiger charge is 2.42. The van der Waals surface area contributed by atoms with E-state index in [1.54, 1.807) is 0 Å². The van der Waals surface area contributed by atoms with E-state index in [2.05, 4.69) is 71.3 Å². The minimum atomic E-state index is -3.23. The third kappa shape index (κ3) is 4.56. The van der Waals surface area contributed by atoms with Crippen molar-refractivity contribution in [2.75, 3.05) is 0 Å². The van der Waals surface area contributed by atoms with Crippen LogP contribution >= 0.6 is 7.14 Å².